The van der Waals surface area contributed by atoms with Gasteiger partial charge >= 0.3 is 0 Å². The summed E-state index contributed by atoms with van der Waals surface area (Å²) in [6.45, 7) is 5.26. The van der Waals surface area contributed by atoms with Crippen LogP contribution in [0, 0.1) is 0 Å². The second-order valence-electron chi connectivity index (χ2n) is 5.57. The Labute approximate surface area is 142 Å². The number of para-hydroxylation sites is 2. The zero-order chi connectivity index (χ0) is 17.6. The smallest absolute Gasteiger partial charge is 0.237 e. The van der Waals surface area contributed by atoms with Crippen LogP contribution in [0.1, 0.15) is 13.8 Å². The minimum Gasteiger partial charge on any atom is -0.493 e. The van der Waals surface area contributed by atoms with E-state index in [1.165, 1.54) is 0 Å². The highest BCUT2D eigenvalue weighted by molar-refractivity contribution is 7.90. The summed E-state index contributed by atoms with van der Waals surface area (Å²) in [6.07, 6.45) is 0. The van der Waals surface area contributed by atoms with Gasteiger partial charge in [0.2, 0.25) is 16.0 Å². The highest BCUT2D eigenvalue weighted by atomic mass is 32.2. The lowest BCUT2D eigenvalue weighted by Gasteiger charge is -2.27. The number of hydrogen-bond donors (Lipinski definition) is 2. The quantitative estimate of drug-likeness (QED) is 0.742. The van der Waals surface area contributed by atoms with Crippen molar-refractivity contribution in [3.63, 3.8) is 0 Å². The molecule has 1 aliphatic rings. The van der Waals surface area contributed by atoms with Crippen molar-refractivity contribution in [1.82, 2.24) is 14.9 Å². The van der Waals surface area contributed by atoms with E-state index in [0.717, 1.165) is 0 Å². The van der Waals surface area contributed by atoms with Crippen molar-refractivity contribution in [2.75, 3.05) is 33.6 Å². The minimum atomic E-state index is -3.38. The number of benzene rings is 1. The Kier molecular flexibility index (Phi) is 6.27. The van der Waals surface area contributed by atoms with Crippen LogP contribution < -0.4 is 19.5 Å². The predicted octanol–water partition coefficient (Wildman–Crippen LogP) is 0.578. The number of rotatable bonds is 7. The molecule has 0 amide bonds. The van der Waals surface area contributed by atoms with E-state index in [2.05, 4.69) is 15.0 Å². The van der Waals surface area contributed by atoms with E-state index in [4.69, 9.17) is 9.47 Å². The van der Waals surface area contributed by atoms with Crippen molar-refractivity contribution in [2.45, 2.75) is 19.1 Å². The average molecular weight is 356 g/mol. The fourth-order valence-electron chi connectivity index (χ4n) is 1.96. The van der Waals surface area contributed by atoms with Crippen molar-refractivity contribution < 1.29 is 17.9 Å². The molecule has 9 heteroatoms. The standard InChI is InChI=1S/C15H24N4O4S/c1-12(2)24(20,21)18-15-16-10-19(11-17-15)8-9-23-14-7-5-4-6-13(14)22-3/h4-7,12H,8-11H2,1-3H3,(H2,16,17,18). The number of nitrogens with one attached hydrogen (secondary N) is 2. The van der Waals surface area contributed by atoms with Gasteiger partial charge in [0.05, 0.1) is 25.7 Å². The van der Waals surface area contributed by atoms with Crippen molar-refractivity contribution in [3.8, 4) is 11.5 Å². The van der Waals surface area contributed by atoms with Crippen molar-refractivity contribution in [2.24, 2.45) is 4.99 Å². The predicted molar refractivity (Wildman–Crippen MR) is 92.7 cm³/mol. The summed E-state index contributed by atoms with van der Waals surface area (Å²) in [6, 6.07) is 7.46. The van der Waals surface area contributed by atoms with E-state index in [1.54, 1.807) is 21.0 Å². The van der Waals surface area contributed by atoms with Crippen LogP contribution in [0.5, 0.6) is 11.5 Å². The van der Waals surface area contributed by atoms with Crippen molar-refractivity contribution in [3.05, 3.63) is 24.3 Å². The molecule has 0 saturated heterocycles. The highest BCUT2D eigenvalue weighted by Gasteiger charge is 2.20. The zero-order valence-corrected chi connectivity index (χ0v) is 15.0. The maximum Gasteiger partial charge on any atom is 0.237 e. The van der Waals surface area contributed by atoms with Gasteiger partial charge in [0, 0.05) is 6.54 Å². The van der Waals surface area contributed by atoms with E-state index in [9.17, 15) is 8.42 Å². The van der Waals surface area contributed by atoms with Gasteiger partial charge in [0.15, 0.2) is 11.5 Å². The van der Waals surface area contributed by atoms with Gasteiger partial charge in [0.1, 0.15) is 6.61 Å². The summed E-state index contributed by atoms with van der Waals surface area (Å²) in [5.74, 6) is 1.67. The second kappa shape index (κ2) is 8.20. The van der Waals surface area contributed by atoms with Crippen LogP contribution >= 0.6 is 0 Å². The molecule has 2 N–H and O–H groups in total. The van der Waals surface area contributed by atoms with E-state index >= 15 is 0 Å². The van der Waals surface area contributed by atoms with Crippen molar-refractivity contribution >= 4 is 16.0 Å². The summed E-state index contributed by atoms with van der Waals surface area (Å²) in [7, 11) is -1.77. The molecule has 1 heterocycles. The molecular formula is C15H24N4O4S. The van der Waals surface area contributed by atoms with Crippen molar-refractivity contribution in [1.29, 1.82) is 0 Å². The first-order valence-electron chi connectivity index (χ1n) is 7.70. The zero-order valence-electron chi connectivity index (χ0n) is 14.2. The maximum absolute atomic E-state index is 11.8. The molecule has 0 aromatic heterocycles. The summed E-state index contributed by atoms with van der Waals surface area (Å²) in [5, 5.41) is 2.45. The number of ether oxygens (including phenoxy) is 2. The fourth-order valence-corrected chi connectivity index (χ4v) is 2.60. The van der Waals surface area contributed by atoms with E-state index < -0.39 is 15.3 Å². The Balaban J connectivity index is 1.79. The van der Waals surface area contributed by atoms with Crippen LogP contribution in [-0.4, -0.2) is 58.1 Å². The number of sulfonamides is 1. The summed E-state index contributed by atoms with van der Waals surface area (Å²) in [5.41, 5.74) is 0. The molecule has 0 saturated carbocycles. The van der Waals surface area contributed by atoms with Gasteiger partial charge in [0.25, 0.3) is 0 Å². The lowest BCUT2D eigenvalue weighted by molar-refractivity contribution is 0.199. The van der Waals surface area contributed by atoms with Crippen LogP contribution in [0.3, 0.4) is 0 Å². The highest BCUT2D eigenvalue weighted by Crippen LogP contribution is 2.25. The van der Waals surface area contributed by atoms with Crippen LogP contribution in [0.15, 0.2) is 29.3 Å². The Morgan fingerprint density at radius 2 is 2.04 bits per heavy atom. The molecule has 1 aliphatic heterocycles. The molecule has 0 fully saturated rings. The Morgan fingerprint density at radius 3 is 2.62 bits per heavy atom. The van der Waals surface area contributed by atoms with E-state index in [0.29, 0.717) is 38.0 Å². The van der Waals surface area contributed by atoms with Gasteiger partial charge in [-0.05, 0) is 26.0 Å². The maximum atomic E-state index is 11.8. The molecule has 0 unspecified atom stereocenters. The van der Waals surface area contributed by atoms with Gasteiger partial charge in [-0.1, -0.05) is 12.1 Å². The first kappa shape index (κ1) is 18.3. The molecule has 24 heavy (non-hydrogen) atoms. The van der Waals surface area contributed by atoms with Gasteiger partial charge in [-0.3, -0.25) is 9.62 Å². The Hall–Kier alpha value is -2.00. The monoisotopic (exact) mass is 356 g/mol. The molecule has 0 radical (unpaired) electrons. The van der Waals surface area contributed by atoms with Gasteiger partial charge in [-0.15, -0.1) is 0 Å². The molecule has 8 nitrogen and oxygen atoms in total. The molecule has 0 bridgehead atoms. The normalized spacial score (nSPS) is 15.6. The lowest BCUT2D eigenvalue weighted by atomic mass is 10.3. The van der Waals surface area contributed by atoms with Crippen LogP contribution in [0.2, 0.25) is 0 Å². The average Bonchev–Trinajstić information content (AvgIpc) is 2.56. The number of guanidine groups is 1. The fraction of sp³-hybridized carbons (Fsp3) is 0.533. The second-order valence-corrected chi connectivity index (χ2v) is 7.81. The third-order valence-corrected chi connectivity index (χ3v) is 5.21. The summed E-state index contributed by atoms with van der Waals surface area (Å²) < 4.78 is 37.0. The largest absolute Gasteiger partial charge is 0.493 e. The molecular weight excluding hydrogens is 332 g/mol. The lowest BCUT2D eigenvalue weighted by Crippen LogP contribution is -2.51. The summed E-state index contributed by atoms with van der Waals surface area (Å²) >= 11 is 0. The number of hydrogen-bond acceptors (Lipinski definition) is 7. The van der Waals surface area contributed by atoms with Crippen LogP contribution in [-0.2, 0) is 10.0 Å². The van der Waals surface area contributed by atoms with E-state index in [1.807, 2.05) is 29.2 Å². The SMILES string of the molecule is COc1ccccc1OCCN1CN=C(NS(=O)(=O)C(C)C)NC1. The Bertz CT molecular complexity index is 676. The topological polar surface area (TPSA) is 92.3 Å². The van der Waals surface area contributed by atoms with E-state index in [-0.39, 0.29) is 5.96 Å². The number of methoxy groups -OCH3 is 1. The molecule has 1 aromatic carbocycles. The first-order valence-corrected chi connectivity index (χ1v) is 9.25. The van der Waals surface area contributed by atoms with Gasteiger partial charge in [-0.2, -0.15) is 0 Å². The molecule has 0 spiro atoms. The molecule has 0 atom stereocenters. The third kappa shape index (κ3) is 5.00. The third-order valence-electron chi connectivity index (χ3n) is 3.49. The summed E-state index contributed by atoms with van der Waals surface area (Å²) in [4.78, 5) is 6.20. The number of nitrogens with zero attached hydrogens (tertiary/aromatic N) is 2. The molecule has 134 valence electrons. The van der Waals surface area contributed by atoms with Gasteiger partial charge in [-0.25, -0.2) is 13.4 Å². The molecule has 1 aromatic rings. The minimum absolute atomic E-state index is 0.283. The Morgan fingerprint density at radius 1 is 1.33 bits per heavy atom. The van der Waals surface area contributed by atoms with Crippen LogP contribution in [0.25, 0.3) is 0 Å². The van der Waals surface area contributed by atoms with Crippen LogP contribution in [0.4, 0.5) is 0 Å². The number of aliphatic imine (C=N–C) groups is 1. The molecule has 2 rings (SSSR count). The molecule has 0 aliphatic carbocycles. The first-order chi connectivity index (χ1) is 11.4. The van der Waals surface area contributed by atoms with Gasteiger partial charge < -0.3 is 14.8 Å².